The molecular formula is C34H31IN+. The molecule has 7 rings (SSSR count). The molecule has 0 atom stereocenters. The number of halogens is 1. The minimum absolute atomic E-state index is 1.19. The van der Waals surface area contributed by atoms with E-state index in [0.717, 1.165) is 0 Å². The molecule has 1 heterocycles. The number of benzene rings is 4. The lowest BCUT2D eigenvalue weighted by Gasteiger charge is -2.18. The van der Waals surface area contributed by atoms with Gasteiger partial charge in [0, 0.05) is 33.4 Å². The predicted molar refractivity (Wildman–Crippen MR) is 159 cm³/mol. The van der Waals surface area contributed by atoms with E-state index in [1.54, 1.807) is 11.1 Å². The lowest BCUT2D eigenvalue weighted by molar-refractivity contribution is -0.538. The van der Waals surface area contributed by atoms with Crippen LogP contribution in [0.4, 0.5) is 0 Å². The van der Waals surface area contributed by atoms with Gasteiger partial charge in [0.15, 0.2) is 0 Å². The number of pyridine rings is 1. The zero-order chi connectivity index (χ0) is 24.6. The summed E-state index contributed by atoms with van der Waals surface area (Å²) in [6.07, 6.45) is 7.31. The molecule has 178 valence electrons. The molecule has 0 N–H and O–H groups in total. The number of rotatable bonds is 2. The number of aromatic nitrogens is 1. The van der Waals surface area contributed by atoms with Crippen molar-refractivity contribution in [1.29, 1.82) is 0 Å². The van der Waals surface area contributed by atoms with Crippen molar-refractivity contribution < 1.29 is 4.57 Å². The normalized spacial score (nSPS) is 14.6. The predicted octanol–water partition coefficient (Wildman–Crippen LogP) is 8.44. The van der Waals surface area contributed by atoms with Crippen molar-refractivity contribution >= 4 is 44.4 Å². The van der Waals surface area contributed by atoms with Gasteiger partial charge in [0.05, 0.1) is 10.8 Å². The Morgan fingerprint density at radius 3 is 1.56 bits per heavy atom. The van der Waals surface area contributed by atoms with Gasteiger partial charge in [-0.25, -0.2) is 0 Å². The second-order valence-electron chi connectivity index (χ2n) is 10.9. The molecule has 0 saturated carbocycles. The van der Waals surface area contributed by atoms with Crippen molar-refractivity contribution in [3.05, 3.63) is 103 Å². The van der Waals surface area contributed by atoms with Gasteiger partial charge in [-0.15, -0.1) is 0 Å². The first-order valence-corrected chi connectivity index (χ1v) is 14.4. The largest absolute Gasteiger partial charge is 0.219 e. The molecule has 2 aliphatic carbocycles. The highest BCUT2D eigenvalue weighted by Crippen LogP contribution is 2.42. The molecule has 0 aliphatic heterocycles. The highest BCUT2D eigenvalue weighted by atomic mass is 127. The van der Waals surface area contributed by atoms with Crippen molar-refractivity contribution in [2.45, 2.75) is 59.3 Å². The Morgan fingerprint density at radius 2 is 1.06 bits per heavy atom. The number of aryl methyl sites for hydroxylation is 7. The Kier molecular flexibility index (Phi) is 5.25. The first-order chi connectivity index (χ1) is 17.5. The summed E-state index contributed by atoms with van der Waals surface area (Å²) in [5, 5.41) is 2.80. The van der Waals surface area contributed by atoms with Crippen LogP contribution >= 0.6 is 22.6 Å². The third-order valence-electron chi connectivity index (χ3n) is 8.45. The summed E-state index contributed by atoms with van der Waals surface area (Å²) in [6, 6.07) is 23.9. The van der Waals surface area contributed by atoms with E-state index in [4.69, 9.17) is 0 Å². The lowest BCUT2D eigenvalue weighted by Crippen LogP contribution is -2.33. The van der Waals surface area contributed by atoms with Crippen LogP contribution < -0.4 is 4.57 Å². The fourth-order valence-corrected chi connectivity index (χ4v) is 7.34. The molecule has 0 saturated heterocycles. The zero-order valence-corrected chi connectivity index (χ0v) is 23.5. The molecule has 1 aromatic heterocycles. The lowest BCUT2D eigenvalue weighted by atomic mass is 9.87. The number of nitrogens with zero attached hydrogens (tertiary/aromatic N) is 1. The first kappa shape index (κ1) is 22.5. The molecule has 2 heteroatoms. The third kappa shape index (κ3) is 3.44. The van der Waals surface area contributed by atoms with Crippen molar-refractivity contribution in [2.75, 3.05) is 0 Å². The first-order valence-electron chi connectivity index (χ1n) is 13.3. The van der Waals surface area contributed by atoms with Gasteiger partial charge in [0.1, 0.15) is 0 Å². The number of hydrogen-bond acceptors (Lipinski definition) is 0. The molecular weight excluding hydrogens is 549 g/mol. The monoisotopic (exact) mass is 580 g/mol. The van der Waals surface area contributed by atoms with E-state index >= 15 is 0 Å². The Labute approximate surface area is 227 Å². The molecule has 4 aromatic carbocycles. The van der Waals surface area contributed by atoms with Crippen LogP contribution in [0.3, 0.4) is 0 Å². The molecule has 0 radical (unpaired) electrons. The molecule has 0 spiro atoms. The van der Waals surface area contributed by atoms with Crippen LogP contribution in [0.15, 0.2) is 60.7 Å². The van der Waals surface area contributed by atoms with Gasteiger partial charge in [-0.05, 0) is 145 Å². The summed E-state index contributed by atoms with van der Waals surface area (Å²) in [4.78, 5) is 0. The van der Waals surface area contributed by atoms with Crippen LogP contribution in [-0.4, -0.2) is 0 Å². The smallest absolute Gasteiger partial charge is 0.153 e. The SMILES string of the molecule is Cc1cc(C)c(-c2c3cc4c(cc3[n+](-c3ccc(I)cc3)c3cc5c(cc23)CCC5)CCC4)c(C)c1. The summed E-state index contributed by atoms with van der Waals surface area (Å²) in [5.74, 6) is 0. The number of hydrogen-bond donors (Lipinski definition) is 0. The van der Waals surface area contributed by atoms with Crippen LogP contribution in [-0.2, 0) is 25.7 Å². The van der Waals surface area contributed by atoms with Crippen LogP contribution in [0, 0.1) is 24.3 Å². The van der Waals surface area contributed by atoms with Gasteiger partial charge in [0.25, 0.3) is 0 Å². The van der Waals surface area contributed by atoms with Crippen molar-refractivity contribution in [2.24, 2.45) is 0 Å². The van der Waals surface area contributed by atoms with Crippen LogP contribution in [0.5, 0.6) is 0 Å². The second-order valence-corrected chi connectivity index (χ2v) is 12.2. The van der Waals surface area contributed by atoms with Crippen LogP contribution in [0.1, 0.15) is 51.8 Å². The second kappa shape index (κ2) is 8.41. The Morgan fingerprint density at radius 1 is 0.583 bits per heavy atom. The van der Waals surface area contributed by atoms with Crippen molar-refractivity contribution in [3.63, 3.8) is 0 Å². The van der Waals surface area contributed by atoms with Gasteiger partial charge < -0.3 is 0 Å². The van der Waals surface area contributed by atoms with E-state index < -0.39 is 0 Å². The van der Waals surface area contributed by atoms with Gasteiger partial charge in [-0.1, -0.05) is 17.7 Å². The van der Waals surface area contributed by atoms with E-state index in [-0.39, 0.29) is 0 Å². The molecule has 0 fully saturated rings. The molecule has 1 nitrogen and oxygen atoms in total. The zero-order valence-electron chi connectivity index (χ0n) is 21.3. The summed E-state index contributed by atoms with van der Waals surface area (Å²) < 4.78 is 3.83. The third-order valence-corrected chi connectivity index (χ3v) is 9.17. The Balaban J connectivity index is 1.72. The summed E-state index contributed by atoms with van der Waals surface area (Å²) in [7, 11) is 0. The molecule has 2 aliphatic rings. The maximum absolute atomic E-state index is 2.56. The number of fused-ring (bicyclic) bond motifs is 4. The van der Waals surface area contributed by atoms with Crippen molar-refractivity contribution in [3.8, 4) is 16.8 Å². The Hall–Kier alpha value is -2.72. The molecule has 0 amide bonds. The topological polar surface area (TPSA) is 3.88 Å². The highest BCUT2D eigenvalue weighted by molar-refractivity contribution is 14.1. The standard InChI is InChI=1S/C34H31IN/c1-20-14-21(2)33(22(3)15-20)34-29-16-23-6-4-8-25(23)18-31(29)36(28-12-10-27(35)11-13-28)32-19-26-9-5-7-24(26)17-30(32)34/h10-19H,4-9H2,1-3H3/q+1. The van der Waals surface area contributed by atoms with Gasteiger partial charge >= 0.3 is 0 Å². The van der Waals surface area contributed by atoms with E-state index in [1.807, 2.05) is 0 Å². The average molecular weight is 581 g/mol. The Bertz CT molecular complexity index is 1610. The van der Waals surface area contributed by atoms with Gasteiger partial charge in [-0.2, -0.15) is 4.57 Å². The van der Waals surface area contributed by atoms with E-state index in [9.17, 15) is 0 Å². The van der Waals surface area contributed by atoms with Crippen molar-refractivity contribution in [1.82, 2.24) is 0 Å². The van der Waals surface area contributed by atoms with E-state index in [1.165, 1.54) is 109 Å². The fourth-order valence-electron chi connectivity index (χ4n) is 6.98. The quantitative estimate of drug-likeness (QED) is 0.112. The maximum atomic E-state index is 2.56. The molecule has 5 aromatic rings. The summed E-state index contributed by atoms with van der Waals surface area (Å²) in [6.45, 7) is 6.82. The van der Waals surface area contributed by atoms with Gasteiger partial charge in [-0.3, -0.25) is 0 Å². The van der Waals surface area contributed by atoms with Crippen LogP contribution in [0.2, 0.25) is 0 Å². The maximum Gasteiger partial charge on any atom is 0.219 e. The van der Waals surface area contributed by atoms with Gasteiger partial charge in [0.2, 0.25) is 16.7 Å². The molecule has 0 bridgehead atoms. The van der Waals surface area contributed by atoms with E-state index in [2.05, 4.69) is 109 Å². The molecule has 36 heavy (non-hydrogen) atoms. The highest BCUT2D eigenvalue weighted by Gasteiger charge is 2.29. The van der Waals surface area contributed by atoms with E-state index in [0.29, 0.717) is 0 Å². The summed E-state index contributed by atoms with van der Waals surface area (Å²) >= 11 is 2.41. The average Bonchev–Trinajstić information content (AvgIpc) is 3.50. The molecule has 0 unspecified atom stereocenters. The van der Waals surface area contributed by atoms with Crippen LogP contribution in [0.25, 0.3) is 38.6 Å². The minimum atomic E-state index is 1.19. The minimum Gasteiger partial charge on any atom is -0.153 e. The fraction of sp³-hybridized carbons (Fsp3) is 0.265. The summed E-state index contributed by atoms with van der Waals surface area (Å²) in [5.41, 5.74) is 17.0.